The van der Waals surface area contributed by atoms with Gasteiger partial charge in [0.25, 0.3) is 5.82 Å². The Labute approximate surface area is 152 Å². The van der Waals surface area contributed by atoms with Gasteiger partial charge in [-0.2, -0.15) is 0 Å². The van der Waals surface area contributed by atoms with Crippen LogP contribution in [0.2, 0.25) is 0 Å². The fourth-order valence-electron chi connectivity index (χ4n) is 2.84. The first-order chi connectivity index (χ1) is 13.3. The lowest BCUT2D eigenvalue weighted by molar-refractivity contribution is 0.662. The van der Waals surface area contributed by atoms with Crippen molar-refractivity contribution in [2.75, 3.05) is 0 Å². The van der Waals surface area contributed by atoms with E-state index in [1.807, 2.05) is 28.9 Å². The number of hydrogen-bond acceptors (Lipinski definition) is 6. The Morgan fingerprint density at radius 1 is 1.04 bits per heavy atom. The summed E-state index contributed by atoms with van der Waals surface area (Å²) in [7, 11) is 0. The number of hydrogen-bond donors (Lipinski definition) is 0. The minimum absolute atomic E-state index is 0.342. The smallest absolute Gasteiger partial charge is 0.269 e. The molecule has 0 fully saturated rings. The highest BCUT2D eigenvalue weighted by Gasteiger charge is 2.11. The van der Waals surface area contributed by atoms with Crippen LogP contribution in [0.4, 0.5) is 5.82 Å². The Kier molecular flexibility index (Phi) is 3.33. The lowest BCUT2D eigenvalue weighted by atomic mass is 10.2. The minimum Gasteiger partial charge on any atom is -0.361 e. The Morgan fingerprint density at radius 2 is 2.00 bits per heavy atom. The summed E-state index contributed by atoms with van der Waals surface area (Å²) in [5, 5.41) is 8.28. The molecule has 5 aromatic rings. The molecule has 5 heterocycles. The maximum Gasteiger partial charge on any atom is 0.269 e. The molecule has 0 saturated carbocycles. The van der Waals surface area contributed by atoms with Crippen LogP contribution < -0.4 is 0 Å². The van der Waals surface area contributed by atoms with Gasteiger partial charge >= 0.3 is 0 Å². The van der Waals surface area contributed by atoms with Crippen molar-refractivity contribution < 1.29 is 0 Å². The van der Waals surface area contributed by atoms with Gasteiger partial charge < -0.3 is 9.25 Å². The second kappa shape index (κ2) is 5.96. The van der Waals surface area contributed by atoms with Crippen LogP contribution in [0, 0.1) is 6.57 Å². The maximum atomic E-state index is 6.99. The summed E-state index contributed by atoms with van der Waals surface area (Å²) in [6.07, 6.45) is 8.91. The standard InChI is InChI=1S/C18H11N9/c1-19-15-4-3-13(8-21-15)14-9-22-17-18(23-14)27(25-24-17)11-12-2-5-16-20-6-7-26(16)10-12/h2-10H,11H2. The van der Waals surface area contributed by atoms with Crippen LogP contribution in [-0.4, -0.2) is 39.3 Å². The molecule has 0 N–H and O–H groups in total. The average Bonchev–Trinajstić information content (AvgIpc) is 3.34. The number of nitrogens with zero attached hydrogens (tertiary/aromatic N) is 9. The summed E-state index contributed by atoms with van der Waals surface area (Å²) in [5.74, 6) is 0.342. The van der Waals surface area contributed by atoms with Gasteiger partial charge in [0.1, 0.15) is 11.8 Å². The van der Waals surface area contributed by atoms with Gasteiger partial charge in [-0.1, -0.05) is 23.9 Å². The molecule has 0 saturated heterocycles. The van der Waals surface area contributed by atoms with Crippen LogP contribution in [-0.2, 0) is 6.54 Å². The molecule has 0 bridgehead atoms. The van der Waals surface area contributed by atoms with Crippen molar-refractivity contribution in [2.24, 2.45) is 0 Å². The second-order valence-electron chi connectivity index (χ2n) is 5.90. The zero-order valence-corrected chi connectivity index (χ0v) is 13.9. The third kappa shape index (κ3) is 2.65. The average molecular weight is 353 g/mol. The molecule has 9 nitrogen and oxygen atoms in total. The second-order valence-corrected chi connectivity index (χ2v) is 5.90. The largest absolute Gasteiger partial charge is 0.361 e. The highest BCUT2D eigenvalue weighted by molar-refractivity contribution is 5.70. The lowest BCUT2D eigenvalue weighted by Gasteiger charge is -2.04. The van der Waals surface area contributed by atoms with E-state index >= 15 is 0 Å². The predicted molar refractivity (Wildman–Crippen MR) is 96.9 cm³/mol. The van der Waals surface area contributed by atoms with Crippen LogP contribution in [0.25, 0.3) is 33.0 Å². The summed E-state index contributed by atoms with van der Waals surface area (Å²) >= 11 is 0. The van der Waals surface area contributed by atoms with Crippen molar-refractivity contribution in [3.8, 4) is 11.3 Å². The number of imidazole rings is 1. The molecule has 0 radical (unpaired) electrons. The molecule has 0 aliphatic rings. The van der Waals surface area contributed by atoms with Crippen LogP contribution in [0.5, 0.6) is 0 Å². The van der Waals surface area contributed by atoms with Crippen molar-refractivity contribution in [3.63, 3.8) is 0 Å². The summed E-state index contributed by atoms with van der Waals surface area (Å²) in [5.41, 5.74) is 4.44. The highest BCUT2D eigenvalue weighted by Crippen LogP contribution is 2.20. The first-order valence-corrected chi connectivity index (χ1v) is 8.12. The van der Waals surface area contributed by atoms with E-state index in [0.29, 0.717) is 29.4 Å². The fourth-order valence-corrected chi connectivity index (χ4v) is 2.84. The fraction of sp³-hybridized carbons (Fsp3) is 0.0556. The number of aromatic nitrogens is 8. The molecule has 5 aromatic heterocycles. The topological polar surface area (TPSA) is 91.0 Å². The molecule has 0 amide bonds. The van der Waals surface area contributed by atoms with Crippen LogP contribution in [0.1, 0.15) is 5.56 Å². The monoisotopic (exact) mass is 353 g/mol. The van der Waals surface area contributed by atoms with E-state index in [1.165, 1.54) is 0 Å². The summed E-state index contributed by atoms with van der Waals surface area (Å²) in [6.45, 7) is 7.50. The molecule has 27 heavy (non-hydrogen) atoms. The predicted octanol–water partition coefficient (Wildman–Crippen LogP) is 2.53. The highest BCUT2D eigenvalue weighted by atomic mass is 15.4. The Hall–Kier alpha value is -4.19. The SMILES string of the molecule is [C-]#[N+]c1ccc(-c2cnc3nnn(Cc4ccc5nccn5c4)c3n2)cn1. The van der Waals surface area contributed by atoms with Crippen LogP contribution in [0.3, 0.4) is 0 Å². The quantitative estimate of drug-likeness (QED) is 0.463. The maximum absolute atomic E-state index is 6.99. The third-order valence-electron chi connectivity index (χ3n) is 4.17. The van der Waals surface area contributed by atoms with Crippen molar-refractivity contribution in [1.82, 2.24) is 39.3 Å². The molecule has 0 aromatic carbocycles. The molecular formula is C18H11N9. The molecule has 0 aliphatic carbocycles. The molecule has 0 spiro atoms. The Bertz CT molecular complexity index is 1310. The van der Waals surface area contributed by atoms with E-state index in [2.05, 4.69) is 35.1 Å². The molecule has 0 aliphatic heterocycles. The van der Waals surface area contributed by atoms with E-state index in [-0.39, 0.29) is 0 Å². The molecular weight excluding hydrogens is 342 g/mol. The van der Waals surface area contributed by atoms with Crippen molar-refractivity contribution in [3.05, 3.63) is 72.2 Å². The van der Waals surface area contributed by atoms with Crippen LogP contribution in [0.15, 0.2) is 55.2 Å². The van der Waals surface area contributed by atoms with Gasteiger partial charge in [-0.05, 0) is 17.7 Å². The summed E-state index contributed by atoms with van der Waals surface area (Å²) in [6, 6.07) is 7.41. The summed E-state index contributed by atoms with van der Waals surface area (Å²) in [4.78, 5) is 20.6. The Balaban J connectivity index is 1.53. The van der Waals surface area contributed by atoms with Gasteiger partial charge in [0.2, 0.25) is 5.65 Å². The van der Waals surface area contributed by atoms with Gasteiger partial charge in [-0.3, -0.25) is 0 Å². The van der Waals surface area contributed by atoms with Crippen molar-refractivity contribution in [2.45, 2.75) is 6.54 Å². The number of fused-ring (bicyclic) bond motifs is 2. The van der Waals surface area contributed by atoms with E-state index in [0.717, 1.165) is 16.8 Å². The number of rotatable bonds is 3. The van der Waals surface area contributed by atoms with E-state index < -0.39 is 0 Å². The molecule has 9 heteroatoms. The van der Waals surface area contributed by atoms with Crippen molar-refractivity contribution >= 4 is 22.8 Å². The van der Waals surface area contributed by atoms with Crippen molar-refractivity contribution in [1.29, 1.82) is 0 Å². The van der Waals surface area contributed by atoms with E-state index in [1.54, 1.807) is 35.4 Å². The molecule has 128 valence electrons. The first-order valence-electron chi connectivity index (χ1n) is 8.12. The van der Waals surface area contributed by atoms with E-state index in [4.69, 9.17) is 6.57 Å². The summed E-state index contributed by atoms with van der Waals surface area (Å²) < 4.78 is 3.67. The third-order valence-corrected chi connectivity index (χ3v) is 4.17. The number of pyridine rings is 2. The lowest BCUT2D eigenvalue weighted by Crippen LogP contribution is -2.04. The van der Waals surface area contributed by atoms with Gasteiger partial charge in [-0.15, -0.1) is 10.1 Å². The van der Waals surface area contributed by atoms with E-state index in [9.17, 15) is 0 Å². The Morgan fingerprint density at radius 3 is 2.85 bits per heavy atom. The normalized spacial score (nSPS) is 11.1. The minimum atomic E-state index is 0.342. The van der Waals surface area contributed by atoms with Gasteiger partial charge in [0.15, 0.2) is 5.65 Å². The first kappa shape index (κ1) is 15.1. The molecule has 5 rings (SSSR count). The zero-order valence-electron chi connectivity index (χ0n) is 13.9. The zero-order chi connectivity index (χ0) is 18.2. The van der Waals surface area contributed by atoms with Gasteiger partial charge in [0, 0.05) is 24.2 Å². The van der Waals surface area contributed by atoms with Gasteiger partial charge in [-0.25, -0.2) is 19.6 Å². The molecule has 0 atom stereocenters. The van der Waals surface area contributed by atoms with Gasteiger partial charge in [0.05, 0.1) is 18.4 Å². The molecule has 0 unspecified atom stereocenters. The van der Waals surface area contributed by atoms with Crippen LogP contribution >= 0.6 is 0 Å².